The highest BCUT2D eigenvalue weighted by Crippen LogP contribution is 2.26. The largest absolute Gasteiger partial charge is 0.311 e. The molecule has 19 heavy (non-hydrogen) atoms. The van der Waals surface area contributed by atoms with E-state index in [9.17, 15) is 0 Å². The van der Waals surface area contributed by atoms with E-state index in [0.29, 0.717) is 16.1 Å². The van der Waals surface area contributed by atoms with Gasteiger partial charge in [0.2, 0.25) is 0 Å². The molecule has 0 saturated carbocycles. The normalized spacial score (nSPS) is 21.0. The third-order valence-corrected chi connectivity index (χ3v) is 4.38. The van der Waals surface area contributed by atoms with Crippen molar-refractivity contribution in [3.63, 3.8) is 0 Å². The summed E-state index contributed by atoms with van der Waals surface area (Å²) in [5.41, 5.74) is 1.12. The molecule has 1 aliphatic heterocycles. The maximum absolute atomic E-state index is 6.26. The summed E-state index contributed by atoms with van der Waals surface area (Å²) in [7, 11) is 0. The lowest BCUT2D eigenvalue weighted by Crippen LogP contribution is -2.50. The highest BCUT2D eigenvalue weighted by atomic mass is 35.5. The fourth-order valence-electron chi connectivity index (χ4n) is 2.68. The van der Waals surface area contributed by atoms with Gasteiger partial charge in [0, 0.05) is 32.2 Å². The van der Waals surface area contributed by atoms with Crippen molar-refractivity contribution in [2.24, 2.45) is 5.92 Å². The first-order chi connectivity index (χ1) is 9.06. The molecule has 1 atom stereocenters. The molecule has 1 unspecified atom stereocenters. The van der Waals surface area contributed by atoms with Crippen molar-refractivity contribution in [1.29, 1.82) is 0 Å². The monoisotopic (exact) mass is 300 g/mol. The van der Waals surface area contributed by atoms with E-state index in [1.54, 1.807) is 0 Å². The Labute approximate surface area is 126 Å². The third kappa shape index (κ3) is 4.35. The highest BCUT2D eigenvalue weighted by molar-refractivity contribution is 6.42. The van der Waals surface area contributed by atoms with Gasteiger partial charge in [0.05, 0.1) is 10.0 Å². The van der Waals surface area contributed by atoms with E-state index in [4.69, 9.17) is 23.2 Å². The average molecular weight is 301 g/mol. The van der Waals surface area contributed by atoms with Crippen LogP contribution in [0.4, 0.5) is 0 Å². The molecule has 0 aromatic heterocycles. The van der Waals surface area contributed by atoms with Crippen LogP contribution in [0.3, 0.4) is 0 Å². The molecule has 0 bridgehead atoms. The molecule has 4 heteroatoms. The Balaban J connectivity index is 1.97. The summed E-state index contributed by atoms with van der Waals surface area (Å²) >= 11 is 12.3. The summed E-state index contributed by atoms with van der Waals surface area (Å²) in [6, 6.07) is 6.46. The maximum Gasteiger partial charge on any atom is 0.0637 e. The average Bonchev–Trinajstić information content (AvgIpc) is 2.35. The molecule has 0 amide bonds. The van der Waals surface area contributed by atoms with Crippen molar-refractivity contribution in [3.8, 4) is 0 Å². The van der Waals surface area contributed by atoms with Gasteiger partial charge < -0.3 is 5.32 Å². The Kier molecular flexibility index (Phi) is 5.52. The van der Waals surface area contributed by atoms with E-state index in [1.807, 2.05) is 12.1 Å². The summed E-state index contributed by atoms with van der Waals surface area (Å²) in [4.78, 5) is 2.46. The van der Waals surface area contributed by atoms with E-state index in [-0.39, 0.29) is 0 Å². The van der Waals surface area contributed by atoms with Crippen molar-refractivity contribution >= 4 is 23.2 Å². The van der Waals surface area contributed by atoms with Gasteiger partial charge >= 0.3 is 0 Å². The van der Waals surface area contributed by atoms with Crippen LogP contribution in [0, 0.1) is 5.92 Å². The lowest BCUT2D eigenvalue weighted by atomic mass is 10.0. The molecule has 0 aliphatic carbocycles. The fraction of sp³-hybridized carbons (Fsp3) is 0.600. The molecular weight excluding hydrogens is 279 g/mol. The van der Waals surface area contributed by atoms with Crippen molar-refractivity contribution in [2.75, 3.05) is 19.6 Å². The van der Waals surface area contributed by atoms with Crippen LogP contribution in [0.15, 0.2) is 18.2 Å². The second-order valence-electron chi connectivity index (χ2n) is 5.73. The van der Waals surface area contributed by atoms with Crippen LogP contribution in [0.25, 0.3) is 0 Å². The standard InChI is InChI=1S/C15H22Cl2N2/c1-11(2)8-13-10-19(7-6-18-13)9-12-4-3-5-14(16)15(12)17/h3-5,11,13,18H,6-10H2,1-2H3. The third-order valence-electron chi connectivity index (χ3n) is 3.52. The van der Waals surface area contributed by atoms with Crippen molar-refractivity contribution in [3.05, 3.63) is 33.8 Å². The first kappa shape index (κ1) is 15.1. The first-order valence-corrected chi connectivity index (χ1v) is 7.70. The summed E-state index contributed by atoms with van der Waals surface area (Å²) < 4.78 is 0. The first-order valence-electron chi connectivity index (χ1n) is 6.95. The van der Waals surface area contributed by atoms with E-state index in [0.717, 1.165) is 37.7 Å². The molecule has 1 aromatic rings. The van der Waals surface area contributed by atoms with Crippen molar-refractivity contribution in [2.45, 2.75) is 32.9 Å². The van der Waals surface area contributed by atoms with Crippen LogP contribution in [-0.2, 0) is 6.54 Å². The number of piperazine rings is 1. The number of benzene rings is 1. The van der Waals surface area contributed by atoms with E-state index in [1.165, 1.54) is 6.42 Å². The van der Waals surface area contributed by atoms with Gasteiger partial charge in [-0.1, -0.05) is 49.2 Å². The Morgan fingerprint density at radius 3 is 2.89 bits per heavy atom. The van der Waals surface area contributed by atoms with Gasteiger partial charge in [-0.25, -0.2) is 0 Å². The minimum Gasteiger partial charge on any atom is -0.311 e. The molecule has 1 saturated heterocycles. The Hall–Kier alpha value is -0.280. The van der Waals surface area contributed by atoms with Crippen LogP contribution in [0.5, 0.6) is 0 Å². The van der Waals surface area contributed by atoms with Crippen LogP contribution in [0.1, 0.15) is 25.8 Å². The maximum atomic E-state index is 6.26. The molecule has 1 fully saturated rings. The number of hydrogen-bond acceptors (Lipinski definition) is 2. The second-order valence-corrected chi connectivity index (χ2v) is 6.51. The van der Waals surface area contributed by atoms with Crippen LogP contribution in [0.2, 0.25) is 10.0 Å². The van der Waals surface area contributed by atoms with Crippen LogP contribution in [-0.4, -0.2) is 30.6 Å². The van der Waals surface area contributed by atoms with Crippen molar-refractivity contribution in [1.82, 2.24) is 10.2 Å². The van der Waals surface area contributed by atoms with Crippen LogP contribution < -0.4 is 5.32 Å². The van der Waals surface area contributed by atoms with Gasteiger partial charge in [-0.3, -0.25) is 4.90 Å². The Morgan fingerprint density at radius 2 is 2.16 bits per heavy atom. The topological polar surface area (TPSA) is 15.3 Å². The number of hydrogen-bond donors (Lipinski definition) is 1. The number of nitrogens with zero attached hydrogens (tertiary/aromatic N) is 1. The van der Waals surface area contributed by atoms with E-state index in [2.05, 4.69) is 30.1 Å². The van der Waals surface area contributed by atoms with Gasteiger partial charge in [0.1, 0.15) is 0 Å². The predicted molar refractivity (Wildman–Crippen MR) is 83.0 cm³/mol. The zero-order valence-corrected chi connectivity index (χ0v) is 13.1. The lowest BCUT2D eigenvalue weighted by molar-refractivity contribution is 0.180. The SMILES string of the molecule is CC(C)CC1CN(Cc2cccc(Cl)c2Cl)CCN1. The number of nitrogens with one attached hydrogen (secondary N) is 1. The quantitative estimate of drug-likeness (QED) is 0.909. The fourth-order valence-corrected chi connectivity index (χ4v) is 3.06. The Bertz CT molecular complexity index is 421. The number of rotatable bonds is 4. The van der Waals surface area contributed by atoms with Gasteiger partial charge in [-0.15, -0.1) is 0 Å². The molecule has 1 aromatic carbocycles. The molecule has 0 spiro atoms. The van der Waals surface area contributed by atoms with Crippen molar-refractivity contribution < 1.29 is 0 Å². The van der Waals surface area contributed by atoms with Gasteiger partial charge in [-0.2, -0.15) is 0 Å². The molecule has 1 N–H and O–H groups in total. The smallest absolute Gasteiger partial charge is 0.0637 e. The molecule has 1 heterocycles. The van der Waals surface area contributed by atoms with E-state index < -0.39 is 0 Å². The summed E-state index contributed by atoms with van der Waals surface area (Å²) in [6.45, 7) is 8.63. The number of halogens is 2. The molecular formula is C15H22Cl2N2. The molecule has 106 valence electrons. The van der Waals surface area contributed by atoms with Gasteiger partial charge in [0.25, 0.3) is 0 Å². The minimum absolute atomic E-state index is 0.590. The highest BCUT2D eigenvalue weighted by Gasteiger charge is 2.20. The van der Waals surface area contributed by atoms with Gasteiger partial charge in [-0.05, 0) is 24.0 Å². The molecule has 0 radical (unpaired) electrons. The zero-order chi connectivity index (χ0) is 13.8. The summed E-state index contributed by atoms with van der Waals surface area (Å²) in [5.74, 6) is 0.729. The lowest BCUT2D eigenvalue weighted by Gasteiger charge is -2.34. The molecule has 2 rings (SSSR count). The minimum atomic E-state index is 0.590. The van der Waals surface area contributed by atoms with Crippen LogP contribution >= 0.6 is 23.2 Å². The van der Waals surface area contributed by atoms with Gasteiger partial charge in [0.15, 0.2) is 0 Å². The Morgan fingerprint density at radius 1 is 1.37 bits per heavy atom. The summed E-state index contributed by atoms with van der Waals surface area (Å²) in [6.07, 6.45) is 1.22. The molecule has 1 aliphatic rings. The van der Waals surface area contributed by atoms with E-state index >= 15 is 0 Å². The second kappa shape index (κ2) is 6.94. The zero-order valence-electron chi connectivity index (χ0n) is 11.6. The predicted octanol–water partition coefficient (Wildman–Crippen LogP) is 3.81. The molecule has 2 nitrogen and oxygen atoms in total. The summed E-state index contributed by atoms with van der Waals surface area (Å²) in [5, 5.41) is 4.94.